The lowest BCUT2D eigenvalue weighted by Crippen LogP contribution is -2.50. The molecule has 0 radical (unpaired) electrons. The Bertz CT molecular complexity index is 1180. The molecule has 1 saturated heterocycles. The van der Waals surface area contributed by atoms with Crippen molar-refractivity contribution in [2.45, 2.75) is 52.5 Å². The maximum Gasteiger partial charge on any atom is 0.434 e. The molecule has 1 aliphatic rings. The zero-order chi connectivity index (χ0) is 24.6. The molecular formula is C21H29FN4O6S. The Labute approximate surface area is 191 Å². The van der Waals surface area contributed by atoms with Crippen LogP contribution in [0.25, 0.3) is 0 Å². The standard InChI is InChI=1S/C21H29FN4O6S/c1-12-6-7-15(22)16(13(12)2)14(3)17(18-23-24-20(28)32-18)25-33(29,30)26-10-8-21(4,9-11-26)19(27)31-5/h6-7,14,17,25H,8-11H2,1-5H3,(H,24,28)/t14-,17+/m1/s1. The second-order valence-electron chi connectivity index (χ2n) is 8.69. The first kappa shape index (κ1) is 25.1. The topological polar surface area (TPSA) is 135 Å². The summed E-state index contributed by atoms with van der Waals surface area (Å²) < 4.78 is 54.9. The molecule has 0 amide bonds. The molecule has 12 heteroatoms. The highest BCUT2D eigenvalue weighted by Crippen LogP contribution is 2.36. The van der Waals surface area contributed by atoms with Gasteiger partial charge in [-0.15, -0.1) is 5.10 Å². The van der Waals surface area contributed by atoms with Crippen LogP contribution >= 0.6 is 0 Å². The minimum Gasteiger partial charge on any atom is -0.469 e. The van der Waals surface area contributed by atoms with Crippen molar-refractivity contribution in [1.29, 1.82) is 0 Å². The fraction of sp³-hybridized carbons (Fsp3) is 0.571. The highest BCUT2D eigenvalue weighted by molar-refractivity contribution is 7.87. The van der Waals surface area contributed by atoms with Gasteiger partial charge in [-0.1, -0.05) is 13.0 Å². The van der Waals surface area contributed by atoms with E-state index in [1.165, 1.54) is 17.5 Å². The van der Waals surface area contributed by atoms with Crippen LogP contribution in [0.4, 0.5) is 4.39 Å². The van der Waals surface area contributed by atoms with Gasteiger partial charge in [-0.3, -0.25) is 4.79 Å². The largest absolute Gasteiger partial charge is 0.469 e. The van der Waals surface area contributed by atoms with Gasteiger partial charge in [0.2, 0.25) is 5.89 Å². The normalized spacial score (nSPS) is 18.6. The summed E-state index contributed by atoms with van der Waals surface area (Å²) in [4.78, 5) is 23.6. The summed E-state index contributed by atoms with van der Waals surface area (Å²) >= 11 is 0. The van der Waals surface area contributed by atoms with Crippen molar-refractivity contribution in [2.75, 3.05) is 20.2 Å². The third-order valence-corrected chi connectivity index (χ3v) is 8.13. The van der Waals surface area contributed by atoms with Gasteiger partial charge in [0.1, 0.15) is 11.9 Å². The number of piperidine rings is 1. The number of methoxy groups -OCH3 is 1. The average molecular weight is 485 g/mol. The molecule has 10 nitrogen and oxygen atoms in total. The SMILES string of the molecule is COC(=O)C1(C)CCN(S(=O)(=O)N[C@H](c2n[nH]c(=O)o2)[C@H](C)c2c(F)ccc(C)c2C)CC1. The van der Waals surface area contributed by atoms with Gasteiger partial charge >= 0.3 is 11.7 Å². The number of H-pyrrole nitrogens is 1. The van der Waals surface area contributed by atoms with E-state index in [2.05, 4.69) is 14.9 Å². The van der Waals surface area contributed by atoms with Crippen LogP contribution in [0.5, 0.6) is 0 Å². The molecule has 2 atom stereocenters. The molecule has 33 heavy (non-hydrogen) atoms. The number of carbonyl (C=O) groups is 1. The van der Waals surface area contributed by atoms with Gasteiger partial charge in [-0.2, -0.15) is 17.4 Å². The van der Waals surface area contributed by atoms with E-state index in [1.54, 1.807) is 26.8 Å². The molecule has 2 heterocycles. The minimum atomic E-state index is -4.10. The number of esters is 1. The van der Waals surface area contributed by atoms with Crippen molar-refractivity contribution in [3.63, 3.8) is 0 Å². The van der Waals surface area contributed by atoms with Gasteiger partial charge in [0, 0.05) is 19.0 Å². The monoisotopic (exact) mass is 484 g/mol. The Hall–Kier alpha value is -2.57. The minimum absolute atomic E-state index is 0.0877. The van der Waals surface area contributed by atoms with Gasteiger partial charge < -0.3 is 9.15 Å². The fourth-order valence-corrected chi connectivity index (χ4v) is 5.61. The molecule has 0 saturated carbocycles. The molecule has 1 aromatic heterocycles. The van der Waals surface area contributed by atoms with Crippen molar-refractivity contribution in [1.82, 2.24) is 19.2 Å². The molecule has 1 fully saturated rings. The van der Waals surface area contributed by atoms with Gasteiger partial charge in [-0.25, -0.2) is 14.3 Å². The van der Waals surface area contributed by atoms with Crippen molar-refractivity contribution in [3.05, 3.63) is 51.1 Å². The molecule has 0 bridgehead atoms. The number of rotatable bonds is 7. The van der Waals surface area contributed by atoms with Crippen LogP contribution in [0.2, 0.25) is 0 Å². The predicted octanol–water partition coefficient (Wildman–Crippen LogP) is 2.07. The Kier molecular flexibility index (Phi) is 7.10. The first-order chi connectivity index (χ1) is 15.4. The van der Waals surface area contributed by atoms with E-state index >= 15 is 0 Å². The Morgan fingerprint density at radius 3 is 2.52 bits per heavy atom. The number of nitrogens with one attached hydrogen (secondary N) is 2. The van der Waals surface area contributed by atoms with Crippen molar-refractivity contribution in [2.24, 2.45) is 5.41 Å². The number of aromatic nitrogens is 2. The van der Waals surface area contributed by atoms with Crippen LogP contribution in [0.1, 0.15) is 61.2 Å². The van der Waals surface area contributed by atoms with Crippen LogP contribution in [0, 0.1) is 25.1 Å². The second-order valence-corrected chi connectivity index (χ2v) is 10.4. The number of carbonyl (C=O) groups excluding carboxylic acids is 1. The Balaban J connectivity index is 1.91. The van der Waals surface area contributed by atoms with Crippen LogP contribution in [-0.2, 0) is 19.7 Å². The third-order valence-electron chi connectivity index (χ3n) is 6.53. The van der Waals surface area contributed by atoms with E-state index < -0.39 is 39.2 Å². The first-order valence-corrected chi connectivity index (χ1v) is 12.0. The number of halogens is 1. The quantitative estimate of drug-likeness (QED) is 0.575. The molecular weight excluding hydrogens is 455 g/mol. The van der Waals surface area contributed by atoms with Crippen LogP contribution < -0.4 is 10.5 Å². The summed E-state index contributed by atoms with van der Waals surface area (Å²) in [7, 11) is -2.80. The maximum absolute atomic E-state index is 14.8. The molecule has 182 valence electrons. The molecule has 0 unspecified atom stereocenters. The van der Waals surface area contributed by atoms with Gasteiger partial charge in [0.25, 0.3) is 10.2 Å². The summed E-state index contributed by atoms with van der Waals surface area (Å²) in [5.41, 5.74) is 1.02. The Morgan fingerprint density at radius 1 is 1.33 bits per heavy atom. The lowest BCUT2D eigenvalue weighted by atomic mass is 9.81. The van der Waals surface area contributed by atoms with E-state index in [9.17, 15) is 22.4 Å². The highest BCUT2D eigenvalue weighted by atomic mass is 32.2. The zero-order valence-electron chi connectivity index (χ0n) is 19.3. The first-order valence-electron chi connectivity index (χ1n) is 10.6. The summed E-state index contributed by atoms with van der Waals surface area (Å²) in [6, 6.07) is 1.80. The highest BCUT2D eigenvalue weighted by Gasteiger charge is 2.42. The molecule has 3 rings (SSSR count). The van der Waals surface area contributed by atoms with E-state index in [0.717, 1.165) is 5.56 Å². The molecule has 0 aliphatic carbocycles. The van der Waals surface area contributed by atoms with Crippen LogP contribution in [0.15, 0.2) is 21.3 Å². The van der Waals surface area contributed by atoms with E-state index in [0.29, 0.717) is 11.1 Å². The summed E-state index contributed by atoms with van der Waals surface area (Å²) in [5, 5.41) is 5.92. The zero-order valence-corrected chi connectivity index (χ0v) is 20.1. The van der Waals surface area contributed by atoms with Crippen molar-refractivity contribution < 1.29 is 26.8 Å². The molecule has 1 aromatic carbocycles. The number of hydrogen-bond donors (Lipinski definition) is 2. The molecule has 1 aliphatic heterocycles. The lowest BCUT2D eigenvalue weighted by molar-refractivity contribution is -0.153. The molecule has 0 spiro atoms. The fourth-order valence-electron chi connectivity index (χ4n) is 4.18. The van der Waals surface area contributed by atoms with Gasteiger partial charge in [-0.05, 0) is 56.4 Å². The number of ether oxygens (including phenoxy) is 1. The van der Waals surface area contributed by atoms with Crippen molar-refractivity contribution >= 4 is 16.2 Å². The number of aromatic amines is 1. The van der Waals surface area contributed by atoms with E-state index in [-0.39, 0.29) is 37.8 Å². The smallest absolute Gasteiger partial charge is 0.434 e. The number of hydrogen-bond acceptors (Lipinski definition) is 7. The van der Waals surface area contributed by atoms with Gasteiger partial charge in [0.05, 0.1) is 12.5 Å². The third kappa shape index (κ3) is 5.02. The van der Waals surface area contributed by atoms with E-state index in [1.807, 2.05) is 6.92 Å². The lowest BCUT2D eigenvalue weighted by Gasteiger charge is -2.37. The van der Waals surface area contributed by atoms with E-state index in [4.69, 9.17) is 9.15 Å². The average Bonchev–Trinajstić information content (AvgIpc) is 3.20. The Morgan fingerprint density at radius 2 is 1.97 bits per heavy atom. The predicted molar refractivity (Wildman–Crippen MR) is 117 cm³/mol. The number of aryl methyl sites for hydroxylation is 1. The molecule has 2 N–H and O–H groups in total. The summed E-state index contributed by atoms with van der Waals surface area (Å²) in [6.45, 7) is 7.12. The number of nitrogens with zero attached hydrogens (tertiary/aromatic N) is 2. The van der Waals surface area contributed by atoms with Crippen LogP contribution in [0.3, 0.4) is 0 Å². The van der Waals surface area contributed by atoms with Crippen LogP contribution in [-0.4, -0.2) is 49.1 Å². The summed E-state index contributed by atoms with van der Waals surface area (Å²) in [5.74, 6) is -2.69. The second kappa shape index (κ2) is 9.35. The van der Waals surface area contributed by atoms with Crippen molar-refractivity contribution in [3.8, 4) is 0 Å². The number of benzene rings is 1. The summed E-state index contributed by atoms with van der Waals surface area (Å²) in [6.07, 6.45) is 0.563. The molecule has 2 aromatic rings. The van der Waals surface area contributed by atoms with Gasteiger partial charge in [0.15, 0.2) is 0 Å². The maximum atomic E-state index is 14.8.